The first-order chi connectivity index (χ1) is 5.46. The molecule has 0 aromatic carbocycles. The second-order valence-electron chi connectivity index (χ2n) is 4.24. The second-order valence-corrected chi connectivity index (χ2v) is 4.24. The summed E-state index contributed by atoms with van der Waals surface area (Å²) in [5, 5.41) is 18.5. The predicted molar refractivity (Wildman–Crippen MR) is 46.2 cm³/mol. The molecule has 1 fully saturated rings. The van der Waals surface area contributed by atoms with E-state index >= 15 is 0 Å². The highest BCUT2D eigenvalue weighted by atomic mass is 16.3. The van der Waals surface area contributed by atoms with Crippen LogP contribution < -0.4 is 0 Å². The summed E-state index contributed by atoms with van der Waals surface area (Å²) in [6.45, 7) is 6.43. The highest BCUT2D eigenvalue weighted by molar-refractivity contribution is 4.99. The van der Waals surface area contributed by atoms with Gasteiger partial charge in [-0.25, -0.2) is 0 Å². The van der Waals surface area contributed by atoms with E-state index in [9.17, 15) is 5.11 Å². The maximum Gasteiger partial charge on any atom is 0.179 e. The maximum absolute atomic E-state index is 9.72. The highest BCUT2D eigenvalue weighted by Crippen LogP contribution is 2.30. The molecule has 0 bridgehead atoms. The maximum atomic E-state index is 9.72. The third-order valence-electron chi connectivity index (χ3n) is 2.46. The molecule has 1 N–H and O–H groups in total. The Morgan fingerprint density at radius 3 is 2.58 bits per heavy atom. The largest absolute Gasteiger partial charge is 0.388 e. The molecule has 1 aliphatic rings. The van der Waals surface area contributed by atoms with Gasteiger partial charge in [0.2, 0.25) is 0 Å². The Labute approximate surface area is 73.6 Å². The Morgan fingerprint density at radius 1 is 1.67 bits per heavy atom. The zero-order valence-corrected chi connectivity index (χ0v) is 7.91. The van der Waals surface area contributed by atoms with Crippen molar-refractivity contribution in [3.63, 3.8) is 0 Å². The quantitative estimate of drug-likeness (QED) is 0.593. The lowest BCUT2D eigenvalue weighted by Crippen LogP contribution is -2.29. The number of nitrogens with zero attached hydrogens (tertiary/aromatic N) is 2. The van der Waals surface area contributed by atoms with E-state index in [-0.39, 0.29) is 6.04 Å². The van der Waals surface area contributed by atoms with E-state index in [0.29, 0.717) is 18.9 Å². The first-order valence-corrected chi connectivity index (χ1v) is 4.35. The van der Waals surface area contributed by atoms with Crippen LogP contribution in [0.15, 0.2) is 0 Å². The van der Waals surface area contributed by atoms with E-state index < -0.39 is 5.60 Å². The molecule has 3 nitrogen and oxygen atoms in total. The molecule has 0 saturated carbocycles. The third-order valence-corrected chi connectivity index (χ3v) is 2.46. The fourth-order valence-electron chi connectivity index (χ4n) is 1.81. The molecule has 0 amide bonds. The molecule has 1 unspecified atom stereocenters. The lowest BCUT2D eigenvalue weighted by Gasteiger charge is -2.20. The molecule has 3 heteroatoms. The van der Waals surface area contributed by atoms with Crippen LogP contribution in [-0.2, 0) is 0 Å². The van der Waals surface area contributed by atoms with Crippen molar-refractivity contribution >= 4 is 0 Å². The number of β-amino-alcohol motifs (C(OH)–C–C–N with tert-alkyl or cyclic N) is 1. The average Bonchev–Trinajstić information content (AvgIpc) is 2.25. The van der Waals surface area contributed by atoms with Gasteiger partial charge in [0, 0.05) is 6.04 Å². The van der Waals surface area contributed by atoms with Crippen molar-refractivity contribution in [1.29, 1.82) is 5.26 Å². The van der Waals surface area contributed by atoms with Crippen LogP contribution in [0.4, 0.5) is 0 Å². The number of hydrogen-bond donors (Lipinski definition) is 1. The summed E-state index contributed by atoms with van der Waals surface area (Å²) in [4.78, 5) is 1.69. The Bertz CT molecular complexity index is 205. The SMILES string of the molecule is CC(C)C1C[C@@](C)(O)CN1C#N. The lowest BCUT2D eigenvalue weighted by molar-refractivity contribution is 0.0732. The molecule has 12 heavy (non-hydrogen) atoms. The third kappa shape index (κ3) is 1.70. The zero-order chi connectivity index (χ0) is 9.35. The molecule has 68 valence electrons. The summed E-state index contributed by atoms with van der Waals surface area (Å²) in [6.07, 6.45) is 2.83. The Morgan fingerprint density at radius 2 is 2.25 bits per heavy atom. The number of nitriles is 1. The van der Waals surface area contributed by atoms with Gasteiger partial charge >= 0.3 is 0 Å². The molecule has 0 aromatic rings. The lowest BCUT2D eigenvalue weighted by atomic mass is 9.96. The summed E-state index contributed by atoms with van der Waals surface area (Å²) in [5.41, 5.74) is -0.676. The van der Waals surface area contributed by atoms with Crippen LogP contribution in [0.3, 0.4) is 0 Å². The summed E-state index contributed by atoms with van der Waals surface area (Å²) in [6, 6.07) is 0.213. The number of aliphatic hydroxyl groups is 1. The van der Waals surface area contributed by atoms with Crippen molar-refractivity contribution in [1.82, 2.24) is 4.90 Å². The van der Waals surface area contributed by atoms with Crippen molar-refractivity contribution in [3.05, 3.63) is 0 Å². The van der Waals surface area contributed by atoms with Gasteiger partial charge in [-0.2, -0.15) is 5.26 Å². The van der Waals surface area contributed by atoms with Crippen LogP contribution in [-0.4, -0.2) is 28.2 Å². The molecule has 0 aromatic heterocycles. The van der Waals surface area contributed by atoms with Crippen LogP contribution in [0.1, 0.15) is 27.2 Å². The van der Waals surface area contributed by atoms with Gasteiger partial charge < -0.3 is 10.0 Å². The van der Waals surface area contributed by atoms with Gasteiger partial charge in [-0.3, -0.25) is 0 Å². The Hall–Kier alpha value is -0.750. The number of likely N-dealkylation sites (tertiary alicyclic amines) is 1. The first kappa shape index (κ1) is 9.34. The molecule has 1 saturated heterocycles. The van der Waals surface area contributed by atoms with Gasteiger partial charge in [-0.15, -0.1) is 0 Å². The standard InChI is InChI=1S/C9H16N2O/c1-7(2)8-4-9(3,12)5-11(8)6-10/h7-8,12H,4-5H2,1-3H3/t8?,9-/m1/s1. The first-order valence-electron chi connectivity index (χ1n) is 4.35. The number of hydrogen-bond acceptors (Lipinski definition) is 3. The van der Waals surface area contributed by atoms with E-state index in [1.54, 1.807) is 11.8 Å². The zero-order valence-electron chi connectivity index (χ0n) is 7.91. The van der Waals surface area contributed by atoms with Gasteiger partial charge in [0.15, 0.2) is 6.19 Å². The topological polar surface area (TPSA) is 47.3 Å². The van der Waals surface area contributed by atoms with Crippen LogP contribution >= 0.6 is 0 Å². The molecule has 2 atom stereocenters. The van der Waals surface area contributed by atoms with E-state index in [1.165, 1.54) is 0 Å². The minimum Gasteiger partial charge on any atom is -0.388 e. The van der Waals surface area contributed by atoms with Crippen molar-refractivity contribution in [3.8, 4) is 6.19 Å². The van der Waals surface area contributed by atoms with E-state index in [0.717, 1.165) is 0 Å². The van der Waals surface area contributed by atoms with Crippen molar-refractivity contribution in [2.24, 2.45) is 5.92 Å². The average molecular weight is 168 g/mol. The smallest absolute Gasteiger partial charge is 0.179 e. The molecule has 0 spiro atoms. The predicted octanol–water partition coefficient (Wildman–Crippen LogP) is 0.949. The summed E-state index contributed by atoms with van der Waals surface area (Å²) in [7, 11) is 0. The Balaban J connectivity index is 2.71. The molecule has 0 radical (unpaired) electrons. The molecular formula is C9H16N2O. The molecule has 0 aliphatic carbocycles. The summed E-state index contributed by atoms with van der Waals surface area (Å²) in [5.74, 6) is 0.429. The minimum absolute atomic E-state index is 0.213. The van der Waals surface area contributed by atoms with Crippen LogP contribution in [0.2, 0.25) is 0 Å². The van der Waals surface area contributed by atoms with Gasteiger partial charge in [0.05, 0.1) is 12.1 Å². The summed E-state index contributed by atoms with van der Waals surface area (Å²) >= 11 is 0. The van der Waals surface area contributed by atoms with Crippen LogP contribution in [0, 0.1) is 17.4 Å². The fraction of sp³-hybridized carbons (Fsp3) is 0.889. The minimum atomic E-state index is -0.676. The van der Waals surface area contributed by atoms with Crippen LogP contribution in [0.25, 0.3) is 0 Å². The van der Waals surface area contributed by atoms with E-state index in [2.05, 4.69) is 20.0 Å². The fourth-order valence-corrected chi connectivity index (χ4v) is 1.81. The molecular weight excluding hydrogens is 152 g/mol. The van der Waals surface area contributed by atoms with E-state index in [4.69, 9.17) is 5.26 Å². The van der Waals surface area contributed by atoms with Gasteiger partial charge in [0.25, 0.3) is 0 Å². The van der Waals surface area contributed by atoms with Gasteiger partial charge in [0.1, 0.15) is 0 Å². The van der Waals surface area contributed by atoms with Crippen molar-refractivity contribution < 1.29 is 5.11 Å². The van der Waals surface area contributed by atoms with Crippen molar-refractivity contribution in [2.75, 3.05) is 6.54 Å². The molecule has 1 heterocycles. The summed E-state index contributed by atoms with van der Waals surface area (Å²) < 4.78 is 0. The van der Waals surface area contributed by atoms with E-state index in [1.807, 2.05) is 0 Å². The van der Waals surface area contributed by atoms with Crippen molar-refractivity contribution in [2.45, 2.75) is 38.8 Å². The second kappa shape index (κ2) is 2.95. The normalized spacial score (nSPS) is 35.7. The van der Waals surface area contributed by atoms with Gasteiger partial charge in [-0.05, 0) is 19.3 Å². The highest BCUT2D eigenvalue weighted by Gasteiger charge is 2.40. The Kier molecular flexibility index (Phi) is 2.29. The monoisotopic (exact) mass is 168 g/mol. The van der Waals surface area contributed by atoms with Crippen LogP contribution in [0.5, 0.6) is 0 Å². The number of rotatable bonds is 1. The molecule has 1 aliphatic heterocycles. The van der Waals surface area contributed by atoms with Gasteiger partial charge in [-0.1, -0.05) is 13.8 Å². The molecule has 1 rings (SSSR count).